The normalized spacial score (nSPS) is 15.4. The van der Waals surface area contributed by atoms with Crippen molar-refractivity contribution in [1.82, 2.24) is 4.57 Å². The van der Waals surface area contributed by atoms with Crippen LogP contribution in [0.2, 0.25) is 0 Å². The number of benzene rings is 12. The van der Waals surface area contributed by atoms with Gasteiger partial charge in [-0.15, -0.1) is 0 Å². The SMILES string of the molecule is c1ccc2c(c1)-c1ccccc1C21c2ccccc2-c2c(N(c3ccc(-c4cccc5oc6ccccc6c45)cc3)c3cccc4c3-c3ccccc3C43c4ccccc4-n4c5ccccc5c5cccc3c54)cccc21. The molecule has 14 aromatic rings. The van der Waals surface area contributed by atoms with Crippen molar-refractivity contribution >= 4 is 60.8 Å². The van der Waals surface area contributed by atoms with Crippen molar-refractivity contribution in [1.29, 1.82) is 0 Å². The molecule has 1 unspecified atom stereocenters. The molecule has 0 saturated carbocycles. The lowest BCUT2D eigenvalue weighted by Crippen LogP contribution is -2.33. The summed E-state index contributed by atoms with van der Waals surface area (Å²) in [7, 11) is 0. The zero-order valence-corrected chi connectivity index (χ0v) is 41.7. The Morgan fingerprint density at radius 3 is 1.44 bits per heavy atom. The molecule has 0 amide bonds. The number of nitrogens with zero attached hydrogens (tertiary/aromatic N) is 2. The molecule has 12 aromatic carbocycles. The summed E-state index contributed by atoms with van der Waals surface area (Å²) in [5.41, 5.74) is 28.1. The third kappa shape index (κ3) is 4.99. The molecule has 3 heterocycles. The fraction of sp³-hybridized carbons (Fsp3) is 0.0270. The number of para-hydroxylation sites is 4. The number of fused-ring (bicyclic) bond motifs is 25. The van der Waals surface area contributed by atoms with Crippen LogP contribution in [0.5, 0.6) is 0 Å². The summed E-state index contributed by atoms with van der Waals surface area (Å²) < 4.78 is 8.96. The molecule has 356 valence electrons. The predicted octanol–water partition coefficient (Wildman–Crippen LogP) is 18.8. The van der Waals surface area contributed by atoms with Crippen LogP contribution in [0.25, 0.3) is 93.9 Å². The van der Waals surface area contributed by atoms with Crippen molar-refractivity contribution in [3.8, 4) is 50.2 Å². The van der Waals surface area contributed by atoms with Gasteiger partial charge in [0.2, 0.25) is 0 Å². The first kappa shape index (κ1) is 41.4. The maximum absolute atomic E-state index is 6.43. The summed E-state index contributed by atoms with van der Waals surface area (Å²) in [5.74, 6) is 0. The maximum Gasteiger partial charge on any atom is 0.136 e. The lowest BCUT2D eigenvalue weighted by atomic mass is 9.65. The van der Waals surface area contributed by atoms with Crippen LogP contribution in [-0.4, -0.2) is 4.57 Å². The van der Waals surface area contributed by atoms with Gasteiger partial charge in [0.25, 0.3) is 0 Å². The van der Waals surface area contributed by atoms with Gasteiger partial charge in [0.1, 0.15) is 11.2 Å². The topological polar surface area (TPSA) is 21.3 Å². The molecule has 1 aliphatic heterocycles. The van der Waals surface area contributed by atoms with Crippen molar-refractivity contribution < 1.29 is 4.42 Å². The number of furan rings is 1. The van der Waals surface area contributed by atoms with Gasteiger partial charge in [-0.3, -0.25) is 0 Å². The predicted molar refractivity (Wildman–Crippen MR) is 315 cm³/mol. The summed E-state index contributed by atoms with van der Waals surface area (Å²) in [6, 6.07) is 100. The van der Waals surface area contributed by atoms with Crippen LogP contribution in [0.3, 0.4) is 0 Å². The Kier molecular flexibility index (Phi) is 8.00. The highest BCUT2D eigenvalue weighted by molar-refractivity contribution is 6.15. The molecular weight excluding hydrogens is 933 g/mol. The van der Waals surface area contributed by atoms with Gasteiger partial charge >= 0.3 is 0 Å². The first-order valence-corrected chi connectivity index (χ1v) is 26.8. The van der Waals surface area contributed by atoms with Gasteiger partial charge in [-0.25, -0.2) is 0 Å². The molecular formula is C74H44N2O. The van der Waals surface area contributed by atoms with Crippen LogP contribution < -0.4 is 4.90 Å². The van der Waals surface area contributed by atoms with E-state index in [-0.39, 0.29) is 0 Å². The zero-order valence-electron chi connectivity index (χ0n) is 41.7. The molecule has 0 saturated heterocycles. The Labute approximate surface area is 444 Å². The average molecular weight is 977 g/mol. The molecule has 2 spiro atoms. The van der Waals surface area contributed by atoms with Gasteiger partial charge in [0.15, 0.2) is 0 Å². The van der Waals surface area contributed by atoms with Crippen molar-refractivity contribution in [3.05, 3.63) is 311 Å². The monoisotopic (exact) mass is 976 g/mol. The van der Waals surface area contributed by atoms with Crippen molar-refractivity contribution in [3.63, 3.8) is 0 Å². The summed E-state index contributed by atoms with van der Waals surface area (Å²) >= 11 is 0. The fourth-order valence-corrected chi connectivity index (χ4v) is 15.3. The number of anilines is 3. The van der Waals surface area contributed by atoms with Gasteiger partial charge in [-0.1, -0.05) is 218 Å². The summed E-state index contributed by atoms with van der Waals surface area (Å²) in [4.78, 5) is 2.60. The lowest BCUT2D eigenvalue weighted by Gasteiger charge is -2.39. The van der Waals surface area contributed by atoms with Crippen LogP contribution in [0.1, 0.15) is 44.5 Å². The molecule has 0 radical (unpaired) electrons. The average Bonchev–Trinajstić information content (AvgIpc) is 3.59. The van der Waals surface area contributed by atoms with E-state index in [1.165, 1.54) is 105 Å². The van der Waals surface area contributed by atoms with Crippen molar-refractivity contribution in [2.45, 2.75) is 10.8 Å². The van der Waals surface area contributed by atoms with E-state index in [4.69, 9.17) is 4.42 Å². The second-order valence-corrected chi connectivity index (χ2v) is 21.3. The minimum atomic E-state index is -0.615. The second-order valence-electron chi connectivity index (χ2n) is 21.3. The third-order valence-corrected chi connectivity index (χ3v) is 18.0. The minimum Gasteiger partial charge on any atom is -0.456 e. The molecule has 0 fully saturated rings. The molecule has 3 nitrogen and oxygen atoms in total. The highest BCUT2D eigenvalue weighted by Gasteiger charge is 2.54. The van der Waals surface area contributed by atoms with E-state index in [0.29, 0.717) is 0 Å². The van der Waals surface area contributed by atoms with Gasteiger partial charge in [0.05, 0.1) is 38.9 Å². The second kappa shape index (κ2) is 14.9. The van der Waals surface area contributed by atoms with Crippen LogP contribution in [0, 0.1) is 0 Å². The highest BCUT2D eigenvalue weighted by Crippen LogP contribution is 2.67. The first-order valence-electron chi connectivity index (χ1n) is 26.8. The summed E-state index contributed by atoms with van der Waals surface area (Å²) in [5, 5.41) is 4.81. The Bertz CT molecular complexity index is 4850. The van der Waals surface area contributed by atoms with Gasteiger partial charge in [-0.05, 0) is 126 Å². The van der Waals surface area contributed by atoms with Gasteiger partial charge < -0.3 is 13.9 Å². The number of rotatable bonds is 4. The Morgan fingerprint density at radius 2 is 0.766 bits per heavy atom. The van der Waals surface area contributed by atoms with Crippen LogP contribution in [0.4, 0.5) is 17.1 Å². The van der Waals surface area contributed by atoms with E-state index < -0.39 is 10.8 Å². The number of aromatic nitrogens is 1. The van der Waals surface area contributed by atoms with Crippen LogP contribution >= 0.6 is 0 Å². The lowest BCUT2D eigenvalue weighted by molar-refractivity contribution is 0.669. The molecule has 4 aliphatic rings. The Hall–Kier alpha value is -9.96. The zero-order chi connectivity index (χ0) is 50.1. The standard InChI is InChI=1S/C74H44N2O/c1-7-27-55-48(19-1)49-20-2-8-28-56(49)73(55)57-29-9-3-22-52(57)70-60(73)32-17-37-65(70)75(46-43-41-45(42-44-46)47-25-16-40-68-69(47)54-24-6-14-39-67(54)77-68)66-38-18-33-61-71(66)53-23-4-10-30-58(53)74(61)59-31-11-13-36-64(59)76-63-35-12-5-21-50(63)51-26-15-34-62(74)72(51)76/h1-44H. The van der Waals surface area contributed by atoms with Gasteiger partial charge in [0, 0.05) is 38.4 Å². The summed E-state index contributed by atoms with van der Waals surface area (Å²) in [6.45, 7) is 0. The van der Waals surface area contributed by atoms with E-state index in [1.54, 1.807) is 0 Å². The quantitative estimate of drug-likeness (QED) is 0.175. The van der Waals surface area contributed by atoms with E-state index in [9.17, 15) is 0 Å². The maximum atomic E-state index is 6.43. The number of hydrogen-bond acceptors (Lipinski definition) is 2. The Balaban J connectivity index is 0.941. The van der Waals surface area contributed by atoms with Crippen molar-refractivity contribution in [2.24, 2.45) is 0 Å². The van der Waals surface area contributed by atoms with E-state index >= 15 is 0 Å². The molecule has 18 rings (SSSR count). The highest BCUT2D eigenvalue weighted by atomic mass is 16.3. The van der Waals surface area contributed by atoms with E-state index in [1.807, 2.05) is 6.07 Å². The minimum absolute atomic E-state index is 0.505. The fourth-order valence-electron chi connectivity index (χ4n) is 15.3. The molecule has 3 heteroatoms. The van der Waals surface area contributed by atoms with E-state index in [0.717, 1.165) is 50.1 Å². The van der Waals surface area contributed by atoms with Crippen molar-refractivity contribution in [2.75, 3.05) is 4.90 Å². The Morgan fingerprint density at radius 1 is 0.312 bits per heavy atom. The van der Waals surface area contributed by atoms with Crippen LogP contribution in [0.15, 0.2) is 271 Å². The molecule has 77 heavy (non-hydrogen) atoms. The smallest absolute Gasteiger partial charge is 0.136 e. The molecule has 0 N–H and O–H groups in total. The first-order chi connectivity index (χ1) is 38.2. The summed E-state index contributed by atoms with van der Waals surface area (Å²) in [6.07, 6.45) is 0. The largest absolute Gasteiger partial charge is 0.456 e. The van der Waals surface area contributed by atoms with E-state index in [2.05, 4.69) is 270 Å². The van der Waals surface area contributed by atoms with Crippen LogP contribution in [-0.2, 0) is 10.8 Å². The molecule has 0 bridgehead atoms. The molecule has 2 aromatic heterocycles. The molecule has 3 aliphatic carbocycles. The molecule has 1 atom stereocenters. The van der Waals surface area contributed by atoms with Gasteiger partial charge in [-0.2, -0.15) is 0 Å². The third-order valence-electron chi connectivity index (χ3n) is 18.0. The number of hydrogen-bond donors (Lipinski definition) is 0.